The molecule has 1 saturated heterocycles. The van der Waals surface area contributed by atoms with E-state index in [2.05, 4.69) is 20.7 Å². The van der Waals surface area contributed by atoms with E-state index in [1.54, 1.807) is 23.1 Å². The number of hydrogen-bond acceptors (Lipinski definition) is 5. The molecule has 1 fully saturated rings. The fraction of sp³-hybridized carbons (Fsp3) is 0.250. The number of carbonyl (C=O) groups is 1. The molecule has 29 heavy (non-hydrogen) atoms. The molecular formula is C20H23Cl2N5O2. The molecule has 1 aliphatic heterocycles. The maximum atomic E-state index is 12.9. The van der Waals surface area contributed by atoms with E-state index in [-0.39, 0.29) is 42.6 Å². The normalized spacial score (nSPS) is 17.7. The number of amides is 1. The second kappa shape index (κ2) is 10.2. The number of hydrogen-bond donors (Lipinski definition) is 2. The van der Waals surface area contributed by atoms with Crippen molar-refractivity contribution in [1.82, 2.24) is 20.1 Å². The molecule has 9 heteroatoms. The summed E-state index contributed by atoms with van der Waals surface area (Å²) >= 11 is 0. The van der Waals surface area contributed by atoms with Gasteiger partial charge in [-0.1, -0.05) is 18.2 Å². The van der Waals surface area contributed by atoms with Crippen LogP contribution >= 0.6 is 24.8 Å². The van der Waals surface area contributed by atoms with Gasteiger partial charge in [0.25, 0.3) is 0 Å². The fourth-order valence-corrected chi connectivity index (χ4v) is 3.34. The number of anilines is 1. The molecule has 1 aromatic carbocycles. The highest BCUT2D eigenvalue weighted by molar-refractivity contribution is 5.94. The first-order valence-electron chi connectivity index (χ1n) is 8.88. The van der Waals surface area contributed by atoms with Crippen LogP contribution in [0, 0.1) is 5.92 Å². The van der Waals surface area contributed by atoms with Crippen LogP contribution in [0.3, 0.4) is 0 Å². The second-order valence-corrected chi connectivity index (χ2v) is 6.59. The first-order chi connectivity index (χ1) is 13.2. The maximum Gasteiger partial charge on any atom is 0.229 e. The van der Waals surface area contributed by atoms with Crippen LogP contribution in [0.25, 0.3) is 0 Å². The Hall–Kier alpha value is -2.61. The first-order valence-corrected chi connectivity index (χ1v) is 8.88. The molecule has 3 heterocycles. The van der Waals surface area contributed by atoms with Crippen molar-refractivity contribution in [3.63, 3.8) is 0 Å². The smallest absolute Gasteiger partial charge is 0.229 e. The molecule has 2 aromatic heterocycles. The van der Waals surface area contributed by atoms with Gasteiger partial charge >= 0.3 is 0 Å². The lowest BCUT2D eigenvalue weighted by atomic mass is 9.90. The third-order valence-corrected chi connectivity index (χ3v) is 4.71. The number of nitrogens with one attached hydrogen (secondary N) is 2. The van der Waals surface area contributed by atoms with Gasteiger partial charge in [0.1, 0.15) is 11.4 Å². The predicted molar refractivity (Wildman–Crippen MR) is 116 cm³/mol. The molecule has 1 amide bonds. The number of ether oxygens (including phenoxy) is 1. The van der Waals surface area contributed by atoms with Gasteiger partial charge in [0.05, 0.1) is 18.3 Å². The van der Waals surface area contributed by atoms with Crippen molar-refractivity contribution in [1.29, 1.82) is 0 Å². The van der Waals surface area contributed by atoms with E-state index < -0.39 is 0 Å². The van der Waals surface area contributed by atoms with E-state index >= 15 is 0 Å². The van der Waals surface area contributed by atoms with Crippen molar-refractivity contribution in [3.05, 3.63) is 66.7 Å². The molecule has 0 unspecified atom stereocenters. The minimum absolute atomic E-state index is 0. The van der Waals surface area contributed by atoms with E-state index in [1.165, 1.54) is 0 Å². The Bertz CT molecular complexity index is 935. The molecule has 0 saturated carbocycles. The molecule has 7 nitrogen and oxygen atoms in total. The minimum Gasteiger partial charge on any atom is -0.455 e. The standard InChI is InChI=1S/C20H21N5O2.2ClH/c1-25-13-14(9-23-25)16-10-22-11-17(16)20(26)24-18-12-21-8-7-19(18)27-15-5-3-2-4-6-15;;/h2-9,12-13,16-17,22H,10-11H2,1H3,(H,24,26);2*1H/t16-,17+;;/m1../s1. The zero-order chi connectivity index (χ0) is 18.6. The Labute approximate surface area is 181 Å². The zero-order valence-electron chi connectivity index (χ0n) is 15.8. The van der Waals surface area contributed by atoms with Gasteiger partial charge in [0, 0.05) is 44.5 Å². The van der Waals surface area contributed by atoms with Gasteiger partial charge in [-0.2, -0.15) is 5.10 Å². The molecule has 0 radical (unpaired) electrons. The van der Waals surface area contributed by atoms with Gasteiger partial charge < -0.3 is 15.4 Å². The van der Waals surface area contributed by atoms with Gasteiger partial charge in [-0.15, -0.1) is 24.8 Å². The van der Waals surface area contributed by atoms with E-state index in [1.807, 2.05) is 49.8 Å². The molecule has 0 aliphatic carbocycles. The van der Waals surface area contributed by atoms with Crippen molar-refractivity contribution in [3.8, 4) is 11.5 Å². The average Bonchev–Trinajstić information content (AvgIpc) is 3.33. The molecule has 154 valence electrons. The van der Waals surface area contributed by atoms with Gasteiger partial charge in [-0.05, 0) is 17.7 Å². The first kappa shape index (κ1) is 22.7. The largest absolute Gasteiger partial charge is 0.455 e. The summed E-state index contributed by atoms with van der Waals surface area (Å²) in [4.78, 5) is 17.1. The lowest BCUT2D eigenvalue weighted by molar-refractivity contribution is -0.119. The van der Waals surface area contributed by atoms with Crippen LogP contribution < -0.4 is 15.4 Å². The van der Waals surface area contributed by atoms with Crippen LogP contribution in [0.2, 0.25) is 0 Å². The molecule has 3 aromatic rings. The summed E-state index contributed by atoms with van der Waals surface area (Å²) in [6, 6.07) is 11.2. The SMILES string of the molecule is Cl.Cl.Cn1cc([C@H]2CNC[C@@H]2C(=O)Nc2cnccc2Oc2ccccc2)cn1. The van der Waals surface area contributed by atoms with Crippen molar-refractivity contribution < 1.29 is 9.53 Å². The Morgan fingerprint density at radius 2 is 1.97 bits per heavy atom. The third-order valence-electron chi connectivity index (χ3n) is 4.71. The van der Waals surface area contributed by atoms with Crippen LogP contribution in [0.4, 0.5) is 5.69 Å². The van der Waals surface area contributed by atoms with Crippen molar-refractivity contribution in [2.45, 2.75) is 5.92 Å². The molecule has 2 atom stereocenters. The Kier molecular flexibility index (Phi) is 8.01. The van der Waals surface area contributed by atoms with Crippen LogP contribution in [-0.4, -0.2) is 33.8 Å². The zero-order valence-corrected chi connectivity index (χ0v) is 17.5. The van der Waals surface area contributed by atoms with Gasteiger partial charge in [0.15, 0.2) is 5.75 Å². The Balaban J connectivity index is 0.00000150. The number of halogens is 2. The number of aromatic nitrogens is 3. The summed E-state index contributed by atoms with van der Waals surface area (Å²) in [5.74, 6) is 1.12. The van der Waals surface area contributed by atoms with Crippen molar-refractivity contribution >= 4 is 36.4 Å². The third kappa shape index (κ3) is 5.26. The average molecular weight is 436 g/mol. The second-order valence-electron chi connectivity index (χ2n) is 6.59. The topological polar surface area (TPSA) is 81.1 Å². The highest BCUT2D eigenvalue weighted by Crippen LogP contribution is 2.32. The molecule has 2 N–H and O–H groups in total. The number of para-hydroxylation sites is 1. The number of aryl methyl sites for hydroxylation is 1. The van der Waals surface area contributed by atoms with Crippen LogP contribution in [0.1, 0.15) is 11.5 Å². The van der Waals surface area contributed by atoms with E-state index in [9.17, 15) is 4.79 Å². The highest BCUT2D eigenvalue weighted by atomic mass is 35.5. The van der Waals surface area contributed by atoms with Crippen LogP contribution in [0.5, 0.6) is 11.5 Å². The summed E-state index contributed by atoms with van der Waals surface area (Å²) in [5, 5.41) is 10.5. The van der Waals surface area contributed by atoms with Crippen LogP contribution in [0.15, 0.2) is 61.2 Å². The summed E-state index contributed by atoms with van der Waals surface area (Å²) < 4.78 is 7.66. The number of benzene rings is 1. The monoisotopic (exact) mass is 435 g/mol. The molecular weight excluding hydrogens is 413 g/mol. The molecule has 0 bridgehead atoms. The minimum atomic E-state index is -0.181. The van der Waals surface area contributed by atoms with Gasteiger partial charge in [-0.25, -0.2) is 0 Å². The predicted octanol–water partition coefficient (Wildman–Crippen LogP) is 3.39. The quantitative estimate of drug-likeness (QED) is 0.641. The molecule has 4 rings (SSSR count). The van der Waals surface area contributed by atoms with Crippen molar-refractivity contribution in [2.24, 2.45) is 13.0 Å². The summed E-state index contributed by atoms with van der Waals surface area (Å²) in [6.45, 7) is 1.38. The molecule has 1 aliphatic rings. The fourth-order valence-electron chi connectivity index (χ4n) is 3.34. The number of rotatable bonds is 5. The van der Waals surface area contributed by atoms with E-state index in [4.69, 9.17) is 4.74 Å². The Morgan fingerprint density at radius 1 is 1.17 bits per heavy atom. The van der Waals surface area contributed by atoms with Crippen LogP contribution in [-0.2, 0) is 11.8 Å². The number of nitrogens with zero attached hydrogens (tertiary/aromatic N) is 3. The summed E-state index contributed by atoms with van der Waals surface area (Å²) in [5.41, 5.74) is 1.62. The van der Waals surface area contributed by atoms with Gasteiger partial charge in [0.2, 0.25) is 5.91 Å². The highest BCUT2D eigenvalue weighted by Gasteiger charge is 2.35. The maximum absolute atomic E-state index is 12.9. The van der Waals surface area contributed by atoms with Gasteiger partial charge in [-0.3, -0.25) is 14.5 Å². The summed E-state index contributed by atoms with van der Waals surface area (Å²) in [7, 11) is 1.88. The Morgan fingerprint density at radius 3 is 2.69 bits per heavy atom. The number of carbonyl (C=O) groups excluding carboxylic acids is 1. The molecule has 0 spiro atoms. The van der Waals surface area contributed by atoms with E-state index in [0.29, 0.717) is 23.7 Å². The summed E-state index contributed by atoms with van der Waals surface area (Å²) in [6.07, 6.45) is 7.04. The van der Waals surface area contributed by atoms with E-state index in [0.717, 1.165) is 12.1 Å². The lowest BCUT2D eigenvalue weighted by Crippen LogP contribution is -2.28. The lowest BCUT2D eigenvalue weighted by Gasteiger charge is -2.18. The number of pyridine rings is 1. The van der Waals surface area contributed by atoms with Crippen molar-refractivity contribution in [2.75, 3.05) is 18.4 Å².